The number of fused-ring (bicyclic) bond motifs is 1. The minimum atomic E-state index is -0.536. The van der Waals surface area contributed by atoms with Crippen LogP contribution >= 0.6 is 0 Å². The van der Waals surface area contributed by atoms with E-state index in [0.717, 1.165) is 24.8 Å². The van der Waals surface area contributed by atoms with Gasteiger partial charge in [0.05, 0.1) is 17.4 Å². The summed E-state index contributed by atoms with van der Waals surface area (Å²) in [6.07, 6.45) is 1.27. The van der Waals surface area contributed by atoms with Gasteiger partial charge in [0.25, 0.3) is 11.6 Å². The second kappa shape index (κ2) is 7.59. The Morgan fingerprint density at radius 1 is 1.17 bits per heavy atom. The molecule has 1 aromatic heterocycles. The molecule has 2 amide bonds. The van der Waals surface area contributed by atoms with Crippen molar-refractivity contribution in [3.63, 3.8) is 0 Å². The lowest BCUT2D eigenvalue weighted by Gasteiger charge is -2.34. The van der Waals surface area contributed by atoms with E-state index < -0.39 is 11.0 Å². The average Bonchev–Trinajstić information content (AvgIpc) is 3.00. The second-order valence-corrected chi connectivity index (χ2v) is 7.30. The summed E-state index contributed by atoms with van der Waals surface area (Å²) in [5, 5.41) is 10.9. The number of anilines is 1. The van der Waals surface area contributed by atoms with Crippen LogP contribution in [0.4, 0.5) is 11.5 Å². The standard InChI is InChI=1S/C20H21N5O4/c1-22-8-10-23(11-9-22)19(26)12-17-15-4-2-3-5-16(15)20(27)24(17)18-7-6-14(13-21-18)25(28)29/h2-7,13,17H,8-12H2,1H3. The third-order valence-electron chi connectivity index (χ3n) is 5.49. The van der Waals surface area contributed by atoms with Crippen LogP contribution in [0.3, 0.4) is 0 Å². The number of likely N-dealkylation sites (N-methyl/N-ethyl adjacent to an activating group) is 1. The van der Waals surface area contributed by atoms with E-state index in [9.17, 15) is 19.7 Å². The highest BCUT2D eigenvalue weighted by molar-refractivity contribution is 6.11. The summed E-state index contributed by atoms with van der Waals surface area (Å²) < 4.78 is 0. The fourth-order valence-electron chi connectivity index (χ4n) is 3.84. The Hall–Kier alpha value is -3.33. The quantitative estimate of drug-likeness (QED) is 0.579. The SMILES string of the molecule is CN1CCN(C(=O)CC2c3ccccc3C(=O)N2c2ccc([N+](=O)[O-])cn2)CC1. The average molecular weight is 395 g/mol. The molecule has 1 atom stereocenters. The predicted octanol–water partition coefficient (Wildman–Crippen LogP) is 1.86. The summed E-state index contributed by atoms with van der Waals surface area (Å²) in [7, 11) is 2.02. The molecule has 150 valence electrons. The maximum atomic E-state index is 13.0. The summed E-state index contributed by atoms with van der Waals surface area (Å²) in [6.45, 7) is 2.96. The van der Waals surface area contributed by atoms with E-state index in [2.05, 4.69) is 9.88 Å². The molecular formula is C20H21N5O4. The largest absolute Gasteiger partial charge is 0.340 e. The number of amides is 2. The molecular weight excluding hydrogens is 374 g/mol. The number of rotatable bonds is 4. The molecule has 0 N–H and O–H groups in total. The number of carbonyl (C=O) groups is 2. The molecule has 1 saturated heterocycles. The zero-order valence-corrected chi connectivity index (χ0v) is 16.0. The number of carbonyl (C=O) groups excluding carboxylic acids is 2. The minimum absolute atomic E-state index is 0.0143. The van der Waals surface area contributed by atoms with Crippen LogP contribution in [0.15, 0.2) is 42.6 Å². The Kier molecular flexibility index (Phi) is 4.98. The molecule has 2 aromatic rings. The highest BCUT2D eigenvalue weighted by Gasteiger charge is 2.40. The van der Waals surface area contributed by atoms with Gasteiger partial charge in [-0.15, -0.1) is 0 Å². The van der Waals surface area contributed by atoms with E-state index in [1.807, 2.05) is 24.1 Å². The molecule has 9 nitrogen and oxygen atoms in total. The van der Waals surface area contributed by atoms with Crippen molar-refractivity contribution in [3.05, 3.63) is 63.8 Å². The van der Waals surface area contributed by atoms with Gasteiger partial charge < -0.3 is 9.80 Å². The van der Waals surface area contributed by atoms with E-state index in [0.29, 0.717) is 24.5 Å². The van der Waals surface area contributed by atoms with Crippen LogP contribution in [-0.4, -0.2) is 64.7 Å². The van der Waals surface area contributed by atoms with Crippen LogP contribution in [0, 0.1) is 10.1 Å². The molecule has 0 bridgehead atoms. The fraction of sp³-hybridized carbons (Fsp3) is 0.350. The Labute approximate surface area is 167 Å². The topological polar surface area (TPSA) is 99.9 Å². The third kappa shape index (κ3) is 3.56. The van der Waals surface area contributed by atoms with Gasteiger partial charge in [0.15, 0.2) is 0 Å². The molecule has 2 aliphatic rings. The van der Waals surface area contributed by atoms with Crippen LogP contribution in [-0.2, 0) is 4.79 Å². The van der Waals surface area contributed by atoms with Crippen LogP contribution in [0.25, 0.3) is 0 Å². The van der Waals surface area contributed by atoms with Crippen LogP contribution in [0.1, 0.15) is 28.4 Å². The lowest BCUT2D eigenvalue weighted by atomic mass is 10.0. The Morgan fingerprint density at radius 2 is 1.90 bits per heavy atom. The fourth-order valence-corrected chi connectivity index (χ4v) is 3.84. The molecule has 0 radical (unpaired) electrons. The molecule has 0 saturated carbocycles. The Morgan fingerprint density at radius 3 is 2.55 bits per heavy atom. The summed E-state index contributed by atoms with van der Waals surface area (Å²) in [4.78, 5) is 46.0. The molecule has 0 aliphatic carbocycles. The number of aromatic nitrogens is 1. The molecule has 4 rings (SSSR count). The van der Waals surface area contributed by atoms with Crippen molar-refractivity contribution in [2.45, 2.75) is 12.5 Å². The summed E-state index contributed by atoms with van der Waals surface area (Å²) >= 11 is 0. The van der Waals surface area contributed by atoms with Gasteiger partial charge in [0, 0.05) is 37.8 Å². The molecule has 0 spiro atoms. The third-order valence-corrected chi connectivity index (χ3v) is 5.49. The highest BCUT2D eigenvalue weighted by atomic mass is 16.6. The molecule has 9 heteroatoms. The van der Waals surface area contributed by atoms with Gasteiger partial charge in [-0.05, 0) is 24.7 Å². The van der Waals surface area contributed by atoms with Crippen LogP contribution in [0.5, 0.6) is 0 Å². The van der Waals surface area contributed by atoms with Crippen molar-refractivity contribution in [2.24, 2.45) is 0 Å². The first-order valence-corrected chi connectivity index (χ1v) is 9.45. The molecule has 1 aromatic carbocycles. The van der Waals surface area contributed by atoms with Crippen molar-refractivity contribution < 1.29 is 14.5 Å². The first kappa shape index (κ1) is 19.0. The summed E-state index contributed by atoms with van der Waals surface area (Å²) in [5.41, 5.74) is 1.16. The molecule has 1 fully saturated rings. The van der Waals surface area contributed by atoms with Crippen molar-refractivity contribution in [1.82, 2.24) is 14.8 Å². The van der Waals surface area contributed by atoms with E-state index >= 15 is 0 Å². The van der Waals surface area contributed by atoms with Gasteiger partial charge in [-0.25, -0.2) is 4.98 Å². The van der Waals surface area contributed by atoms with Crippen molar-refractivity contribution >= 4 is 23.3 Å². The zero-order valence-electron chi connectivity index (χ0n) is 16.0. The van der Waals surface area contributed by atoms with E-state index in [-0.39, 0.29) is 23.9 Å². The maximum absolute atomic E-state index is 13.0. The number of hydrogen-bond donors (Lipinski definition) is 0. The minimum Gasteiger partial charge on any atom is -0.340 e. The summed E-state index contributed by atoms with van der Waals surface area (Å²) in [5.74, 6) is 0.0330. The Bertz CT molecular complexity index is 954. The number of pyridine rings is 1. The lowest BCUT2D eigenvalue weighted by Crippen LogP contribution is -2.47. The zero-order chi connectivity index (χ0) is 20.5. The van der Waals surface area contributed by atoms with Crippen molar-refractivity contribution in [1.29, 1.82) is 0 Å². The predicted molar refractivity (Wildman–Crippen MR) is 106 cm³/mol. The summed E-state index contributed by atoms with van der Waals surface area (Å²) in [6, 6.07) is 9.49. The number of benzene rings is 1. The number of nitro groups is 1. The monoisotopic (exact) mass is 395 g/mol. The first-order chi connectivity index (χ1) is 14.0. The normalized spacial score (nSPS) is 19.3. The molecule has 1 unspecified atom stereocenters. The number of hydrogen-bond acceptors (Lipinski definition) is 6. The lowest BCUT2D eigenvalue weighted by molar-refractivity contribution is -0.385. The van der Waals surface area contributed by atoms with Crippen molar-refractivity contribution in [2.75, 3.05) is 38.1 Å². The number of nitrogens with zero attached hydrogens (tertiary/aromatic N) is 5. The van der Waals surface area contributed by atoms with Crippen LogP contribution in [0.2, 0.25) is 0 Å². The highest BCUT2D eigenvalue weighted by Crippen LogP contribution is 2.39. The number of piperazine rings is 1. The van der Waals surface area contributed by atoms with Gasteiger partial charge >= 0.3 is 0 Å². The second-order valence-electron chi connectivity index (χ2n) is 7.30. The Balaban J connectivity index is 1.63. The van der Waals surface area contributed by atoms with Crippen LogP contribution < -0.4 is 4.90 Å². The van der Waals surface area contributed by atoms with Gasteiger partial charge in [-0.3, -0.25) is 24.6 Å². The molecule has 3 heterocycles. The van der Waals surface area contributed by atoms with E-state index in [1.165, 1.54) is 17.0 Å². The molecule has 2 aliphatic heterocycles. The van der Waals surface area contributed by atoms with Gasteiger partial charge in [-0.2, -0.15) is 0 Å². The molecule has 29 heavy (non-hydrogen) atoms. The van der Waals surface area contributed by atoms with Crippen molar-refractivity contribution in [3.8, 4) is 0 Å². The van der Waals surface area contributed by atoms with Gasteiger partial charge in [0.2, 0.25) is 5.91 Å². The maximum Gasteiger partial charge on any atom is 0.287 e. The first-order valence-electron chi connectivity index (χ1n) is 9.45. The smallest absolute Gasteiger partial charge is 0.287 e. The van der Waals surface area contributed by atoms with Gasteiger partial charge in [-0.1, -0.05) is 18.2 Å². The van der Waals surface area contributed by atoms with E-state index in [4.69, 9.17) is 0 Å². The van der Waals surface area contributed by atoms with E-state index in [1.54, 1.807) is 12.1 Å². The van der Waals surface area contributed by atoms with Gasteiger partial charge in [0.1, 0.15) is 12.0 Å².